The van der Waals surface area contributed by atoms with E-state index in [1.807, 2.05) is 24.3 Å². The van der Waals surface area contributed by atoms with Crippen LogP contribution in [0.25, 0.3) is 0 Å². The summed E-state index contributed by atoms with van der Waals surface area (Å²) in [5.74, 6) is -0.847. The van der Waals surface area contributed by atoms with Gasteiger partial charge in [0.1, 0.15) is 10.7 Å². The molecular formula is C16H17ClFNO2S. The summed E-state index contributed by atoms with van der Waals surface area (Å²) in [6, 6.07) is 11.2. The Balaban J connectivity index is 2.24. The zero-order valence-corrected chi connectivity index (χ0v) is 14.0. The Hall–Kier alpha value is -1.43. The van der Waals surface area contributed by atoms with Crippen LogP contribution in [0.1, 0.15) is 18.1 Å². The molecule has 0 amide bonds. The fraction of sp³-hybridized carbons (Fsp3) is 0.250. The van der Waals surface area contributed by atoms with Crippen molar-refractivity contribution < 1.29 is 12.8 Å². The van der Waals surface area contributed by atoms with Crippen molar-refractivity contribution in [1.82, 2.24) is 4.31 Å². The predicted molar refractivity (Wildman–Crippen MR) is 85.9 cm³/mol. The summed E-state index contributed by atoms with van der Waals surface area (Å²) in [5, 5.41) is 0.161. The maximum atomic E-state index is 13.9. The highest BCUT2D eigenvalue weighted by molar-refractivity contribution is 7.89. The Kier molecular flexibility index (Phi) is 5.21. The second-order valence-corrected chi connectivity index (χ2v) is 7.46. The molecule has 22 heavy (non-hydrogen) atoms. The third kappa shape index (κ3) is 3.66. The Morgan fingerprint density at radius 3 is 2.23 bits per heavy atom. The minimum atomic E-state index is -3.90. The third-order valence-electron chi connectivity index (χ3n) is 3.42. The van der Waals surface area contributed by atoms with Gasteiger partial charge in [-0.15, -0.1) is 0 Å². The number of halogens is 2. The van der Waals surface area contributed by atoms with E-state index in [2.05, 4.69) is 6.92 Å². The molecule has 118 valence electrons. The van der Waals surface area contributed by atoms with Crippen LogP contribution in [0.15, 0.2) is 47.4 Å². The number of hydrogen-bond donors (Lipinski definition) is 0. The van der Waals surface area contributed by atoms with Gasteiger partial charge in [-0.2, -0.15) is 4.31 Å². The molecule has 0 N–H and O–H groups in total. The summed E-state index contributed by atoms with van der Waals surface area (Å²) in [7, 11) is -2.47. The van der Waals surface area contributed by atoms with Gasteiger partial charge in [0.2, 0.25) is 10.0 Å². The van der Waals surface area contributed by atoms with Crippen LogP contribution in [-0.2, 0) is 23.0 Å². The lowest BCUT2D eigenvalue weighted by atomic mass is 10.1. The Bertz CT molecular complexity index is 760. The molecule has 0 unspecified atom stereocenters. The van der Waals surface area contributed by atoms with Gasteiger partial charge in [0, 0.05) is 18.6 Å². The number of rotatable bonds is 5. The van der Waals surface area contributed by atoms with E-state index < -0.39 is 15.8 Å². The maximum absolute atomic E-state index is 13.9. The smallest absolute Gasteiger partial charge is 0.207 e. The van der Waals surface area contributed by atoms with Crippen molar-refractivity contribution in [2.24, 2.45) is 0 Å². The first-order valence-corrected chi connectivity index (χ1v) is 8.65. The molecule has 0 heterocycles. The van der Waals surface area contributed by atoms with Gasteiger partial charge in [0.05, 0.1) is 0 Å². The van der Waals surface area contributed by atoms with Gasteiger partial charge in [0.25, 0.3) is 0 Å². The number of sulfonamides is 1. The second kappa shape index (κ2) is 6.77. The molecule has 0 aliphatic rings. The van der Waals surface area contributed by atoms with Crippen molar-refractivity contribution in [2.75, 3.05) is 7.05 Å². The van der Waals surface area contributed by atoms with Crippen molar-refractivity contribution >= 4 is 21.6 Å². The molecule has 2 rings (SSSR count). The number of nitrogens with zero attached hydrogens (tertiary/aromatic N) is 1. The summed E-state index contributed by atoms with van der Waals surface area (Å²) >= 11 is 5.66. The topological polar surface area (TPSA) is 37.4 Å². The number of aryl methyl sites for hydroxylation is 1. The van der Waals surface area contributed by atoms with Crippen molar-refractivity contribution in [3.8, 4) is 0 Å². The van der Waals surface area contributed by atoms with E-state index >= 15 is 0 Å². The lowest BCUT2D eigenvalue weighted by molar-refractivity contribution is 0.460. The van der Waals surface area contributed by atoms with Gasteiger partial charge in [-0.3, -0.25) is 0 Å². The highest BCUT2D eigenvalue weighted by Crippen LogP contribution is 2.23. The minimum Gasteiger partial charge on any atom is -0.207 e. The lowest BCUT2D eigenvalue weighted by Gasteiger charge is -2.18. The van der Waals surface area contributed by atoms with Crippen molar-refractivity contribution in [3.05, 3.63) is 64.4 Å². The first kappa shape index (κ1) is 16.9. The van der Waals surface area contributed by atoms with Gasteiger partial charge in [-0.1, -0.05) is 42.8 Å². The third-order valence-corrected chi connectivity index (χ3v) is 5.49. The molecule has 0 bridgehead atoms. The van der Waals surface area contributed by atoms with Crippen LogP contribution < -0.4 is 0 Å². The molecule has 0 aliphatic carbocycles. The number of benzene rings is 2. The van der Waals surface area contributed by atoms with Crippen molar-refractivity contribution in [3.63, 3.8) is 0 Å². The van der Waals surface area contributed by atoms with E-state index in [0.717, 1.165) is 22.4 Å². The fourth-order valence-electron chi connectivity index (χ4n) is 2.07. The second-order valence-electron chi connectivity index (χ2n) is 5.01. The molecule has 0 fully saturated rings. The average molecular weight is 342 g/mol. The van der Waals surface area contributed by atoms with E-state index in [0.29, 0.717) is 0 Å². The summed E-state index contributed by atoms with van der Waals surface area (Å²) in [6.07, 6.45) is 0.921. The zero-order chi connectivity index (χ0) is 16.3. The molecule has 0 saturated heterocycles. The van der Waals surface area contributed by atoms with E-state index in [1.165, 1.54) is 24.7 Å². The van der Waals surface area contributed by atoms with Crippen molar-refractivity contribution in [1.29, 1.82) is 0 Å². The first-order valence-electron chi connectivity index (χ1n) is 6.84. The minimum absolute atomic E-state index is 0.161. The van der Waals surface area contributed by atoms with Crippen LogP contribution in [-0.4, -0.2) is 19.8 Å². The van der Waals surface area contributed by atoms with E-state index in [-0.39, 0.29) is 16.5 Å². The SMILES string of the molecule is CCc1ccc(CN(C)S(=O)(=O)c2ccc(Cl)cc2F)cc1. The van der Waals surface area contributed by atoms with E-state index in [9.17, 15) is 12.8 Å². The highest BCUT2D eigenvalue weighted by Gasteiger charge is 2.24. The molecule has 0 atom stereocenters. The van der Waals surface area contributed by atoms with Crippen LogP contribution >= 0.6 is 11.6 Å². The summed E-state index contributed by atoms with van der Waals surface area (Å²) in [4.78, 5) is -0.371. The molecule has 0 aromatic heterocycles. The van der Waals surface area contributed by atoms with Crippen LogP contribution in [0, 0.1) is 5.82 Å². The van der Waals surface area contributed by atoms with Gasteiger partial charge >= 0.3 is 0 Å². The van der Waals surface area contributed by atoms with E-state index in [4.69, 9.17) is 11.6 Å². The van der Waals surface area contributed by atoms with Gasteiger partial charge in [-0.05, 0) is 35.7 Å². The molecule has 0 aliphatic heterocycles. The normalized spacial score (nSPS) is 11.9. The van der Waals surface area contributed by atoms with Crippen LogP contribution in [0.4, 0.5) is 4.39 Å². The standard InChI is InChI=1S/C16H17ClFNO2S/c1-3-12-4-6-13(7-5-12)11-19(2)22(20,21)16-9-8-14(17)10-15(16)18/h4-10H,3,11H2,1-2H3. The van der Waals surface area contributed by atoms with E-state index in [1.54, 1.807) is 0 Å². The van der Waals surface area contributed by atoms with Gasteiger partial charge in [-0.25, -0.2) is 12.8 Å². The molecular weight excluding hydrogens is 325 g/mol. The van der Waals surface area contributed by atoms with Crippen LogP contribution in [0.5, 0.6) is 0 Å². The monoisotopic (exact) mass is 341 g/mol. The molecule has 0 saturated carbocycles. The maximum Gasteiger partial charge on any atom is 0.246 e. The summed E-state index contributed by atoms with van der Waals surface area (Å²) in [5.41, 5.74) is 2.02. The summed E-state index contributed by atoms with van der Waals surface area (Å²) in [6.45, 7) is 2.23. The predicted octanol–water partition coefficient (Wildman–Crippen LogP) is 3.86. The van der Waals surface area contributed by atoms with Gasteiger partial charge < -0.3 is 0 Å². The quantitative estimate of drug-likeness (QED) is 0.828. The largest absolute Gasteiger partial charge is 0.246 e. The Morgan fingerprint density at radius 2 is 1.68 bits per heavy atom. The molecule has 0 spiro atoms. The first-order chi connectivity index (χ1) is 10.3. The summed E-state index contributed by atoms with van der Waals surface area (Å²) < 4.78 is 39.8. The molecule has 2 aromatic carbocycles. The zero-order valence-electron chi connectivity index (χ0n) is 12.4. The van der Waals surface area contributed by atoms with Crippen LogP contribution in [0.3, 0.4) is 0 Å². The van der Waals surface area contributed by atoms with Crippen molar-refractivity contribution in [2.45, 2.75) is 24.8 Å². The average Bonchev–Trinajstić information content (AvgIpc) is 2.47. The lowest BCUT2D eigenvalue weighted by Crippen LogP contribution is -2.27. The molecule has 0 radical (unpaired) electrons. The molecule has 3 nitrogen and oxygen atoms in total. The fourth-order valence-corrected chi connectivity index (χ4v) is 3.43. The molecule has 2 aromatic rings. The van der Waals surface area contributed by atoms with Gasteiger partial charge in [0.15, 0.2) is 0 Å². The Morgan fingerprint density at radius 1 is 1.09 bits per heavy atom. The van der Waals surface area contributed by atoms with Crippen LogP contribution in [0.2, 0.25) is 5.02 Å². The molecule has 6 heteroatoms. The Labute approximate surface area is 135 Å². The number of hydrogen-bond acceptors (Lipinski definition) is 2. The highest BCUT2D eigenvalue weighted by atomic mass is 35.5.